The van der Waals surface area contributed by atoms with E-state index in [4.69, 9.17) is 15.2 Å². The number of nitrogens with one attached hydrogen (secondary N) is 1. The van der Waals surface area contributed by atoms with Crippen molar-refractivity contribution in [2.24, 2.45) is 5.41 Å². The second kappa shape index (κ2) is 5.05. The molecule has 0 unspecified atom stereocenters. The average molecular weight is 326 g/mol. The van der Waals surface area contributed by atoms with Gasteiger partial charge in [0.15, 0.2) is 11.5 Å². The van der Waals surface area contributed by atoms with E-state index in [1.807, 2.05) is 0 Å². The van der Waals surface area contributed by atoms with Crippen LogP contribution in [0.4, 0.5) is 11.4 Å². The van der Waals surface area contributed by atoms with E-state index >= 15 is 0 Å². The number of hydrogen-bond acceptors (Lipinski definition) is 6. The lowest BCUT2D eigenvalue weighted by molar-refractivity contribution is -0.117. The normalized spacial score (nSPS) is 18.0. The van der Waals surface area contributed by atoms with Crippen LogP contribution in [-0.4, -0.2) is 33.1 Å². The number of carbonyl (C=O) groups is 1. The molecule has 3 N–H and O–H groups in total. The van der Waals surface area contributed by atoms with Crippen molar-refractivity contribution in [1.29, 1.82) is 0 Å². The van der Waals surface area contributed by atoms with E-state index in [1.54, 1.807) is 12.1 Å². The molecule has 22 heavy (non-hydrogen) atoms. The molecule has 0 atom stereocenters. The summed E-state index contributed by atoms with van der Waals surface area (Å²) in [4.78, 5) is 12.2. The highest BCUT2D eigenvalue weighted by Gasteiger charge is 2.46. The zero-order valence-electron chi connectivity index (χ0n) is 12.2. The Morgan fingerprint density at radius 2 is 1.95 bits per heavy atom. The Morgan fingerprint density at radius 1 is 1.32 bits per heavy atom. The van der Waals surface area contributed by atoms with Crippen LogP contribution in [0.5, 0.6) is 11.5 Å². The topological polar surface area (TPSA) is 108 Å². The Kier molecular flexibility index (Phi) is 3.43. The van der Waals surface area contributed by atoms with Gasteiger partial charge in [-0.1, -0.05) is 0 Å². The van der Waals surface area contributed by atoms with E-state index < -0.39 is 15.3 Å². The van der Waals surface area contributed by atoms with Crippen LogP contribution >= 0.6 is 0 Å². The fourth-order valence-electron chi connectivity index (χ4n) is 2.71. The fourth-order valence-corrected chi connectivity index (χ4v) is 4.21. The van der Waals surface area contributed by atoms with Crippen LogP contribution in [0.15, 0.2) is 12.1 Å². The van der Waals surface area contributed by atoms with Crippen molar-refractivity contribution in [3.63, 3.8) is 0 Å². The van der Waals surface area contributed by atoms with E-state index in [0.717, 1.165) is 12.8 Å². The number of nitrogens with two attached hydrogens (primary N) is 1. The molecule has 1 fully saturated rings. The SMILES string of the molecule is CS(=O)(=O)CC1(CC(=O)Nc2cc3c(cc2N)OCO3)CC1. The minimum absolute atomic E-state index is 0.0457. The molecule has 7 nitrogen and oxygen atoms in total. The number of rotatable bonds is 5. The Hall–Kier alpha value is -1.96. The van der Waals surface area contributed by atoms with Crippen molar-refractivity contribution in [3.05, 3.63) is 12.1 Å². The second-order valence-electron chi connectivity index (χ2n) is 6.09. The Balaban J connectivity index is 1.68. The maximum Gasteiger partial charge on any atom is 0.231 e. The Bertz CT molecular complexity index is 725. The minimum Gasteiger partial charge on any atom is -0.454 e. The molecule has 3 rings (SSSR count). The standard InChI is InChI=1S/C14H18N2O5S/c1-22(18,19)7-14(2-3-14)6-13(17)16-10-5-12-11(4-9(10)15)20-8-21-12/h4-5H,2-3,6-8,15H2,1H3,(H,16,17). The van der Waals surface area contributed by atoms with Crippen molar-refractivity contribution in [3.8, 4) is 11.5 Å². The Labute approximate surface area is 128 Å². The van der Waals surface area contributed by atoms with Gasteiger partial charge in [0.05, 0.1) is 17.1 Å². The van der Waals surface area contributed by atoms with Gasteiger partial charge in [0, 0.05) is 24.8 Å². The van der Waals surface area contributed by atoms with Gasteiger partial charge in [-0.3, -0.25) is 4.79 Å². The lowest BCUT2D eigenvalue weighted by Gasteiger charge is -2.14. The number of amides is 1. The number of hydrogen-bond donors (Lipinski definition) is 2. The molecule has 0 bridgehead atoms. The lowest BCUT2D eigenvalue weighted by atomic mass is 10.0. The van der Waals surface area contributed by atoms with Crippen molar-refractivity contribution in [2.45, 2.75) is 19.3 Å². The summed E-state index contributed by atoms with van der Waals surface area (Å²) in [6.45, 7) is 0.129. The number of anilines is 2. The molecule has 0 radical (unpaired) electrons. The van der Waals surface area contributed by atoms with Crippen molar-refractivity contribution in [2.75, 3.05) is 29.9 Å². The van der Waals surface area contributed by atoms with E-state index in [9.17, 15) is 13.2 Å². The van der Waals surface area contributed by atoms with Gasteiger partial charge < -0.3 is 20.5 Å². The molecule has 0 saturated heterocycles. The Morgan fingerprint density at radius 3 is 2.55 bits per heavy atom. The molecule has 2 aliphatic rings. The number of carbonyl (C=O) groups excluding carboxylic acids is 1. The first-order valence-corrected chi connectivity index (χ1v) is 8.99. The molecule has 120 valence electrons. The predicted molar refractivity (Wildman–Crippen MR) is 81.6 cm³/mol. The molecular weight excluding hydrogens is 308 g/mol. The number of ether oxygens (including phenoxy) is 2. The summed E-state index contributed by atoms with van der Waals surface area (Å²) in [5.41, 5.74) is 6.29. The first-order chi connectivity index (χ1) is 10.3. The molecule has 1 amide bonds. The number of fused-ring (bicyclic) bond motifs is 1. The highest BCUT2D eigenvalue weighted by Crippen LogP contribution is 2.50. The van der Waals surface area contributed by atoms with Crippen LogP contribution < -0.4 is 20.5 Å². The van der Waals surface area contributed by atoms with Crippen LogP contribution in [0, 0.1) is 5.41 Å². The first-order valence-electron chi connectivity index (χ1n) is 6.93. The summed E-state index contributed by atoms with van der Waals surface area (Å²) in [6.07, 6.45) is 2.88. The van der Waals surface area contributed by atoms with Gasteiger partial charge in [-0.25, -0.2) is 8.42 Å². The van der Waals surface area contributed by atoms with Gasteiger partial charge >= 0.3 is 0 Å². The van der Waals surface area contributed by atoms with Gasteiger partial charge in [-0.05, 0) is 18.3 Å². The summed E-state index contributed by atoms with van der Waals surface area (Å²) in [7, 11) is -3.10. The van der Waals surface area contributed by atoms with Gasteiger partial charge in [-0.2, -0.15) is 0 Å². The first kappa shape index (κ1) is 15.0. The third-order valence-electron chi connectivity index (χ3n) is 3.88. The quantitative estimate of drug-likeness (QED) is 0.786. The summed E-state index contributed by atoms with van der Waals surface area (Å²) < 4.78 is 33.3. The minimum atomic E-state index is -3.10. The molecule has 1 saturated carbocycles. The fraction of sp³-hybridized carbons (Fsp3) is 0.500. The molecule has 1 heterocycles. The van der Waals surface area contributed by atoms with Crippen molar-refractivity contribution < 1.29 is 22.7 Å². The highest BCUT2D eigenvalue weighted by atomic mass is 32.2. The van der Waals surface area contributed by atoms with E-state index in [-0.39, 0.29) is 24.9 Å². The second-order valence-corrected chi connectivity index (χ2v) is 8.23. The van der Waals surface area contributed by atoms with Crippen LogP contribution in [0.25, 0.3) is 0 Å². The highest BCUT2D eigenvalue weighted by molar-refractivity contribution is 7.90. The molecule has 0 spiro atoms. The third kappa shape index (κ3) is 3.27. The summed E-state index contributed by atoms with van der Waals surface area (Å²) in [5.74, 6) is 0.879. The van der Waals surface area contributed by atoms with Crippen LogP contribution in [0.2, 0.25) is 0 Å². The molecular formula is C14H18N2O5S. The maximum atomic E-state index is 12.2. The van der Waals surface area contributed by atoms with Crippen LogP contribution in [-0.2, 0) is 14.6 Å². The van der Waals surface area contributed by atoms with E-state index in [1.165, 1.54) is 6.26 Å². The number of benzene rings is 1. The van der Waals surface area contributed by atoms with Crippen LogP contribution in [0.3, 0.4) is 0 Å². The number of sulfone groups is 1. The molecule has 0 aromatic heterocycles. The molecule has 1 aromatic carbocycles. The van der Waals surface area contributed by atoms with Gasteiger partial charge in [0.2, 0.25) is 12.7 Å². The maximum absolute atomic E-state index is 12.2. The predicted octanol–water partition coefficient (Wildman–Crippen LogP) is 1.15. The molecule has 1 aliphatic heterocycles. The summed E-state index contributed by atoms with van der Waals surface area (Å²) in [6, 6.07) is 3.22. The van der Waals surface area contributed by atoms with E-state index in [2.05, 4.69) is 5.32 Å². The largest absolute Gasteiger partial charge is 0.454 e. The van der Waals surface area contributed by atoms with Gasteiger partial charge in [0.1, 0.15) is 9.84 Å². The smallest absolute Gasteiger partial charge is 0.231 e. The molecule has 1 aliphatic carbocycles. The average Bonchev–Trinajstić information content (AvgIpc) is 2.94. The molecule has 1 aromatic rings. The van der Waals surface area contributed by atoms with Crippen LogP contribution in [0.1, 0.15) is 19.3 Å². The van der Waals surface area contributed by atoms with E-state index in [0.29, 0.717) is 22.9 Å². The third-order valence-corrected chi connectivity index (χ3v) is 5.02. The summed E-state index contributed by atoms with van der Waals surface area (Å²) in [5, 5.41) is 2.73. The lowest BCUT2D eigenvalue weighted by Crippen LogP contribution is -2.23. The number of nitrogen functional groups attached to an aromatic ring is 1. The zero-order valence-corrected chi connectivity index (χ0v) is 13.0. The van der Waals surface area contributed by atoms with Gasteiger partial charge in [-0.15, -0.1) is 0 Å². The summed E-state index contributed by atoms with van der Waals surface area (Å²) >= 11 is 0. The van der Waals surface area contributed by atoms with Crippen molar-refractivity contribution >= 4 is 27.1 Å². The monoisotopic (exact) mass is 326 g/mol. The van der Waals surface area contributed by atoms with Crippen molar-refractivity contribution in [1.82, 2.24) is 0 Å². The zero-order chi connectivity index (χ0) is 16.0. The van der Waals surface area contributed by atoms with Gasteiger partial charge in [0.25, 0.3) is 0 Å². The molecule has 8 heteroatoms.